The first-order valence-electron chi connectivity index (χ1n) is 5.36. The molecule has 1 aromatic carbocycles. The number of rotatable bonds is 5. The normalized spacial score (nSPS) is 11.2. The van der Waals surface area contributed by atoms with E-state index in [4.69, 9.17) is 4.74 Å². The van der Waals surface area contributed by atoms with E-state index in [9.17, 15) is 0 Å². The summed E-state index contributed by atoms with van der Waals surface area (Å²) in [5, 5.41) is 0. The van der Waals surface area contributed by atoms with E-state index in [2.05, 4.69) is 37.9 Å². The van der Waals surface area contributed by atoms with E-state index in [1.54, 1.807) is 7.11 Å². The SMILES string of the molecule is CCP(/C=C/c1ccc(OC)cc1)CC. The lowest BCUT2D eigenvalue weighted by atomic mass is 10.2. The van der Waals surface area contributed by atoms with Gasteiger partial charge in [0.15, 0.2) is 0 Å². The first-order valence-corrected chi connectivity index (χ1v) is 7.14. The van der Waals surface area contributed by atoms with Gasteiger partial charge in [-0.05, 0) is 30.0 Å². The van der Waals surface area contributed by atoms with Crippen LogP contribution in [-0.2, 0) is 0 Å². The van der Waals surface area contributed by atoms with Crippen LogP contribution in [0.3, 0.4) is 0 Å². The highest BCUT2D eigenvalue weighted by atomic mass is 31.1. The minimum Gasteiger partial charge on any atom is -0.497 e. The summed E-state index contributed by atoms with van der Waals surface area (Å²) in [5.74, 6) is 3.28. The number of hydrogen-bond acceptors (Lipinski definition) is 1. The summed E-state index contributed by atoms with van der Waals surface area (Å²) in [6.45, 7) is 4.52. The summed E-state index contributed by atoms with van der Waals surface area (Å²) in [6.07, 6.45) is 4.77. The fraction of sp³-hybridized carbons (Fsp3) is 0.385. The summed E-state index contributed by atoms with van der Waals surface area (Å²) in [6, 6.07) is 8.18. The summed E-state index contributed by atoms with van der Waals surface area (Å²) >= 11 is 0. The van der Waals surface area contributed by atoms with Crippen LogP contribution in [0.1, 0.15) is 19.4 Å². The van der Waals surface area contributed by atoms with Crippen molar-refractivity contribution in [2.75, 3.05) is 19.4 Å². The molecule has 0 aliphatic carbocycles. The fourth-order valence-corrected chi connectivity index (χ4v) is 2.59. The summed E-state index contributed by atoms with van der Waals surface area (Å²) in [4.78, 5) is 0. The van der Waals surface area contributed by atoms with Gasteiger partial charge in [-0.3, -0.25) is 0 Å². The lowest BCUT2D eigenvalue weighted by molar-refractivity contribution is 0.415. The lowest BCUT2D eigenvalue weighted by Crippen LogP contribution is -1.81. The summed E-state index contributed by atoms with van der Waals surface area (Å²) in [5.41, 5.74) is 1.25. The van der Waals surface area contributed by atoms with Gasteiger partial charge in [-0.15, -0.1) is 0 Å². The predicted octanol–water partition coefficient (Wildman–Crippen LogP) is 4.19. The minimum atomic E-state index is 0.0970. The Morgan fingerprint density at radius 1 is 1.13 bits per heavy atom. The largest absolute Gasteiger partial charge is 0.497 e. The van der Waals surface area contributed by atoms with Crippen molar-refractivity contribution < 1.29 is 4.74 Å². The molecule has 0 fully saturated rings. The van der Waals surface area contributed by atoms with Crippen LogP contribution < -0.4 is 4.74 Å². The number of benzene rings is 1. The van der Waals surface area contributed by atoms with Crippen LogP contribution >= 0.6 is 7.92 Å². The van der Waals surface area contributed by atoms with Crippen molar-refractivity contribution in [1.29, 1.82) is 0 Å². The van der Waals surface area contributed by atoms with Gasteiger partial charge in [0.05, 0.1) is 7.11 Å². The number of hydrogen-bond donors (Lipinski definition) is 0. The van der Waals surface area contributed by atoms with Crippen molar-refractivity contribution in [2.24, 2.45) is 0 Å². The molecule has 1 rings (SSSR count). The Balaban J connectivity index is 2.63. The Morgan fingerprint density at radius 3 is 2.20 bits per heavy atom. The van der Waals surface area contributed by atoms with E-state index in [0.717, 1.165) is 5.75 Å². The molecule has 0 spiro atoms. The fourth-order valence-electron chi connectivity index (χ4n) is 1.34. The summed E-state index contributed by atoms with van der Waals surface area (Å²) in [7, 11) is 1.79. The molecular formula is C13H19OP. The second-order valence-electron chi connectivity index (χ2n) is 3.31. The number of methoxy groups -OCH3 is 1. The molecule has 82 valence electrons. The zero-order valence-corrected chi connectivity index (χ0v) is 10.6. The van der Waals surface area contributed by atoms with E-state index < -0.39 is 0 Å². The highest BCUT2D eigenvalue weighted by Crippen LogP contribution is 2.36. The van der Waals surface area contributed by atoms with E-state index in [1.165, 1.54) is 17.9 Å². The Labute approximate surface area is 93.9 Å². The third-order valence-corrected chi connectivity index (χ3v) is 4.60. The zero-order valence-electron chi connectivity index (χ0n) is 9.73. The quantitative estimate of drug-likeness (QED) is 0.679. The molecule has 0 atom stereocenters. The van der Waals surface area contributed by atoms with Gasteiger partial charge < -0.3 is 4.74 Å². The highest BCUT2D eigenvalue weighted by molar-refractivity contribution is 7.61. The molecule has 15 heavy (non-hydrogen) atoms. The van der Waals surface area contributed by atoms with Gasteiger partial charge in [0.25, 0.3) is 0 Å². The third kappa shape index (κ3) is 4.05. The molecule has 0 saturated heterocycles. The maximum Gasteiger partial charge on any atom is 0.118 e. The molecule has 0 amide bonds. The predicted molar refractivity (Wildman–Crippen MR) is 70.0 cm³/mol. The van der Waals surface area contributed by atoms with Gasteiger partial charge in [0.1, 0.15) is 5.75 Å². The lowest BCUT2D eigenvalue weighted by Gasteiger charge is -2.06. The van der Waals surface area contributed by atoms with Crippen molar-refractivity contribution in [1.82, 2.24) is 0 Å². The summed E-state index contributed by atoms with van der Waals surface area (Å²) < 4.78 is 5.12. The topological polar surface area (TPSA) is 9.23 Å². The van der Waals surface area contributed by atoms with Crippen LogP contribution in [0.25, 0.3) is 6.08 Å². The van der Waals surface area contributed by atoms with Crippen LogP contribution in [0.5, 0.6) is 5.75 Å². The average molecular weight is 222 g/mol. The second-order valence-corrected chi connectivity index (χ2v) is 6.05. The van der Waals surface area contributed by atoms with Crippen LogP contribution in [0.2, 0.25) is 0 Å². The molecule has 0 radical (unpaired) electrons. The minimum absolute atomic E-state index is 0.0970. The Morgan fingerprint density at radius 2 is 1.73 bits per heavy atom. The van der Waals surface area contributed by atoms with Crippen molar-refractivity contribution in [2.45, 2.75) is 13.8 Å². The zero-order chi connectivity index (χ0) is 11.1. The van der Waals surface area contributed by atoms with E-state index in [-0.39, 0.29) is 7.92 Å². The monoisotopic (exact) mass is 222 g/mol. The molecule has 0 N–H and O–H groups in total. The number of ether oxygens (including phenoxy) is 1. The van der Waals surface area contributed by atoms with Crippen molar-refractivity contribution in [3.05, 3.63) is 35.6 Å². The maximum atomic E-state index is 5.12. The molecule has 1 nitrogen and oxygen atoms in total. The standard InChI is InChI=1S/C13H19OP/c1-4-15(5-2)11-10-12-6-8-13(14-3)9-7-12/h6-11H,4-5H2,1-3H3/b11-10+. The molecule has 0 aliphatic rings. The van der Waals surface area contributed by atoms with E-state index in [1.807, 2.05) is 12.1 Å². The molecule has 0 aliphatic heterocycles. The Bertz CT molecular complexity index is 299. The molecule has 0 saturated carbocycles. The van der Waals surface area contributed by atoms with Crippen LogP contribution in [0, 0.1) is 0 Å². The first-order chi connectivity index (χ1) is 7.30. The second kappa shape index (κ2) is 6.63. The van der Waals surface area contributed by atoms with Gasteiger partial charge in [0.2, 0.25) is 0 Å². The van der Waals surface area contributed by atoms with Gasteiger partial charge in [-0.1, -0.05) is 45.8 Å². The van der Waals surface area contributed by atoms with Crippen LogP contribution in [0.15, 0.2) is 30.1 Å². The molecule has 0 heterocycles. The smallest absolute Gasteiger partial charge is 0.118 e. The third-order valence-electron chi connectivity index (χ3n) is 2.41. The van der Waals surface area contributed by atoms with Gasteiger partial charge in [0, 0.05) is 0 Å². The molecular weight excluding hydrogens is 203 g/mol. The first kappa shape index (κ1) is 12.3. The van der Waals surface area contributed by atoms with E-state index >= 15 is 0 Å². The van der Waals surface area contributed by atoms with Crippen molar-refractivity contribution in [3.8, 4) is 5.75 Å². The molecule has 1 aromatic rings. The van der Waals surface area contributed by atoms with Crippen LogP contribution in [0.4, 0.5) is 0 Å². The van der Waals surface area contributed by atoms with Crippen molar-refractivity contribution >= 4 is 14.0 Å². The van der Waals surface area contributed by atoms with Crippen molar-refractivity contribution in [3.63, 3.8) is 0 Å². The average Bonchev–Trinajstić information content (AvgIpc) is 2.31. The van der Waals surface area contributed by atoms with Gasteiger partial charge in [-0.2, -0.15) is 0 Å². The maximum absolute atomic E-state index is 5.12. The van der Waals surface area contributed by atoms with E-state index in [0.29, 0.717) is 0 Å². The molecule has 0 aromatic heterocycles. The van der Waals surface area contributed by atoms with Crippen LogP contribution in [-0.4, -0.2) is 19.4 Å². The van der Waals surface area contributed by atoms with Gasteiger partial charge >= 0.3 is 0 Å². The Hall–Kier alpha value is -0.810. The molecule has 0 unspecified atom stereocenters. The molecule has 2 heteroatoms. The highest BCUT2D eigenvalue weighted by Gasteiger charge is 1.96. The molecule has 0 bridgehead atoms. The van der Waals surface area contributed by atoms with Gasteiger partial charge in [-0.25, -0.2) is 0 Å². The Kier molecular flexibility index (Phi) is 5.42.